The summed E-state index contributed by atoms with van der Waals surface area (Å²) in [5, 5.41) is 56.5. The van der Waals surface area contributed by atoms with Crippen LogP contribution in [-0.4, -0.2) is 161 Å². The summed E-state index contributed by atoms with van der Waals surface area (Å²) < 4.78 is 49.6. The number of nitrogens with two attached hydrogens (primary N) is 1. The molecular formula is C43H58N2O15. The van der Waals surface area contributed by atoms with Gasteiger partial charge < -0.3 is 74.1 Å². The van der Waals surface area contributed by atoms with Crippen LogP contribution in [0.25, 0.3) is 0 Å². The smallest absolute Gasteiger partial charge is 0.228 e. The van der Waals surface area contributed by atoms with E-state index in [0.717, 1.165) is 0 Å². The Morgan fingerprint density at radius 3 is 2.22 bits per heavy atom. The van der Waals surface area contributed by atoms with Gasteiger partial charge in [0.2, 0.25) is 12.1 Å². The second-order valence-corrected chi connectivity index (χ2v) is 18.6. The Kier molecular flexibility index (Phi) is 10.7. The lowest BCUT2D eigenvalue weighted by Gasteiger charge is -2.56. The topological polar surface area (TPSA) is 238 Å². The van der Waals surface area contributed by atoms with Crippen molar-refractivity contribution in [3.8, 4) is 11.5 Å². The van der Waals surface area contributed by atoms with Crippen molar-refractivity contribution in [2.45, 2.75) is 157 Å². The first-order chi connectivity index (χ1) is 28.0. The molecule has 2 aliphatic carbocycles. The first-order valence-electron chi connectivity index (χ1n) is 20.4. The number of rotatable bonds is 7. The molecule has 3 fully saturated rings. The number of aromatic hydroxyl groups is 1. The van der Waals surface area contributed by atoms with E-state index >= 15 is 0 Å². The predicted molar refractivity (Wildman–Crippen MR) is 210 cm³/mol. The third kappa shape index (κ3) is 6.47. The number of nitrogens with zero attached hydrogens (tertiary/aromatic N) is 1. The van der Waals surface area contributed by atoms with Gasteiger partial charge in [0, 0.05) is 61.3 Å². The van der Waals surface area contributed by atoms with E-state index in [2.05, 4.69) is 0 Å². The number of likely N-dealkylation sites (N-methyl/N-ethyl adjacent to an activating group) is 1. The molecule has 0 amide bonds. The Hall–Kier alpha value is -3.14. The zero-order valence-electron chi connectivity index (χ0n) is 35.6. The highest BCUT2D eigenvalue weighted by Gasteiger charge is 2.62. The van der Waals surface area contributed by atoms with Crippen molar-refractivity contribution in [3.05, 3.63) is 57.1 Å². The van der Waals surface area contributed by atoms with Gasteiger partial charge in [-0.1, -0.05) is 6.07 Å². The second-order valence-electron chi connectivity index (χ2n) is 18.6. The SMILES string of the molecule is CO[C@H]1[C@H](O[C@H]2[C@H](C)O[C@@H](O[C@H]3[C@@H](N(C)C)[C@H](O)[C@H]4Oc5c(ccc6c5C(=O)c5c(cc7c(c5O)C[C@@H](OC)[C@](C)(O)C7)C6=O)[C@]3(C)O4)C[C@]2(C)N)O[C@H](C)[C@H](O)[C@@]1(C)O. The maximum atomic E-state index is 14.7. The Morgan fingerprint density at radius 2 is 1.58 bits per heavy atom. The summed E-state index contributed by atoms with van der Waals surface area (Å²) in [5.74, 6) is -1.47. The van der Waals surface area contributed by atoms with E-state index in [4.69, 9.17) is 43.6 Å². The quantitative estimate of drug-likeness (QED) is 0.193. The van der Waals surface area contributed by atoms with Crippen molar-refractivity contribution < 1.29 is 73.0 Å². The van der Waals surface area contributed by atoms with Crippen LogP contribution in [0.5, 0.6) is 11.5 Å². The molecule has 8 rings (SSSR count). The van der Waals surface area contributed by atoms with E-state index in [1.54, 1.807) is 65.7 Å². The summed E-state index contributed by atoms with van der Waals surface area (Å²) >= 11 is 0. The zero-order chi connectivity index (χ0) is 43.8. The van der Waals surface area contributed by atoms with Gasteiger partial charge in [-0.15, -0.1) is 0 Å². The van der Waals surface area contributed by atoms with Crippen LogP contribution in [0.4, 0.5) is 0 Å². The Morgan fingerprint density at radius 1 is 0.883 bits per heavy atom. The minimum Gasteiger partial charge on any atom is -0.507 e. The lowest BCUT2D eigenvalue weighted by molar-refractivity contribution is -0.370. The summed E-state index contributed by atoms with van der Waals surface area (Å²) in [6, 6.07) is 4.01. The predicted octanol–water partition coefficient (Wildman–Crippen LogP) is 0.782. The van der Waals surface area contributed by atoms with E-state index in [1.807, 2.05) is 0 Å². The lowest BCUT2D eigenvalue weighted by atomic mass is 9.72. The van der Waals surface area contributed by atoms with Gasteiger partial charge in [-0.05, 0) is 73.3 Å². The molecule has 0 radical (unpaired) electrons. The highest BCUT2D eigenvalue weighted by molar-refractivity contribution is 6.30. The number of fused-ring (bicyclic) bond motifs is 8. The monoisotopic (exact) mass is 842 g/mol. The molecule has 60 heavy (non-hydrogen) atoms. The van der Waals surface area contributed by atoms with Gasteiger partial charge in [-0.3, -0.25) is 9.59 Å². The molecule has 0 aromatic heterocycles. The van der Waals surface area contributed by atoms with Crippen LogP contribution in [0.2, 0.25) is 0 Å². The normalized spacial score (nSPS) is 43.5. The molecule has 0 spiro atoms. The summed E-state index contributed by atoms with van der Waals surface area (Å²) in [6.45, 7) is 10.0. The maximum absolute atomic E-state index is 14.7. The minimum atomic E-state index is -1.69. The number of hydrogen-bond donors (Lipinski definition) is 6. The number of carbonyl (C=O) groups is 2. The zero-order valence-corrected chi connectivity index (χ0v) is 35.6. The number of benzene rings is 2. The number of hydrogen-bond acceptors (Lipinski definition) is 17. The van der Waals surface area contributed by atoms with Crippen LogP contribution in [0.1, 0.15) is 96.5 Å². The number of aliphatic hydroxyl groups is 4. The second kappa shape index (κ2) is 14.7. The third-order valence-corrected chi connectivity index (χ3v) is 13.8. The first-order valence-corrected chi connectivity index (χ1v) is 20.4. The molecule has 17 nitrogen and oxygen atoms in total. The molecule has 7 N–H and O–H groups in total. The number of ether oxygens (including phenoxy) is 8. The van der Waals surface area contributed by atoms with Crippen LogP contribution in [0, 0.1) is 0 Å². The van der Waals surface area contributed by atoms with Crippen molar-refractivity contribution in [1.29, 1.82) is 0 Å². The maximum Gasteiger partial charge on any atom is 0.228 e. The Balaban J connectivity index is 1.12. The molecule has 0 saturated carbocycles. The molecule has 330 valence electrons. The molecular weight excluding hydrogens is 784 g/mol. The van der Waals surface area contributed by atoms with Gasteiger partial charge in [0.25, 0.3) is 0 Å². The summed E-state index contributed by atoms with van der Waals surface area (Å²) in [4.78, 5) is 30.7. The summed E-state index contributed by atoms with van der Waals surface area (Å²) in [6.07, 6.45) is -10.6. The fraction of sp³-hybridized carbons (Fsp3) is 0.674. The largest absolute Gasteiger partial charge is 0.507 e. The van der Waals surface area contributed by atoms with Gasteiger partial charge in [0.05, 0.1) is 41.1 Å². The van der Waals surface area contributed by atoms with E-state index in [9.17, 15) is 35.1 Å². The highest BCUT2D eigenvalue weighted by Crippen LogP contribution is 2.53. The first kappa shape index (κ1) is 43.5. The molecule has 16 atom stereocenters. The summed E-state index contributed by atoms with van der Waals surface area (Å²) in [7, 11) is 6.41. The third-order valence-electron chi connectivity index (χ3n) is 13.8. The molecule has 6 aliphatic rings. The van der Waals surface area contributed by atoms with Crippen LogP contribution in [-0.2, 0) is 51.6 Å². The highest BCUT2D eigenvalue weighted by atomic mass is 16.8. The fourth-order valence-electron chi connectivity index (χ4n) is 10.6. The average molecular weight is 843 g/mol. The van der Waals surface area contributed by atoms with Crippen LogP contribution in [0.15, 0.2) is 18.2 Å². The molecule has 0 unspecified atom stereocenters. The van der Waals surface area contributed by atoms with Crippen molar-refractivity contribution in [2.75, 3.05) is 28.3 Å². The fourth-order valence-corrected chi connectivity index (χ4v) is 10.6. The van der Waals surface area contributed by atoms with Gasteiger partial charge in [0.1, 0.15) is 53.2 Å². The van der Waals surface area contributed by atoms with E-state index in [0.29, 0.717) is 16.7 Å². The molecule has 4 heterocycles. The number of ketones is 2. The lowest BCUT2D eigenvalue weighted by Crippen LogP contribution is -2.71. The van der Waals surface area contributed by atoms with Gasteiger partial charge in [0.15, 0.2) is 18.4 Å². The number of methoxy groups -OCH3 is 2. The number of carbonyl (C=O) groups excluding carboxylic acids is 2. The van der Waals surface area contributed by atoms with Gasteiger partial charge >= 0.3 is 0 Å². The number of phenols is 1. The molecule has 17 heteroatoms. The average Bonchev–Trinajstić information content (AvgIpc) is 3.15. The van der Waals surface area contributed by atoms with Crippen molar-refractivity contribution in [1.82, 2.24) is 4.90 Å². The molecule has 3 saturated heterocycles. The standard InChI is InChI=1S/C43H58N2O15/c1-17-34(50)42(5,52)37(54-10)39(56-17)59-35-18(2)55-25(16-40(35,3)44)57-36-28(45(7)8)32(49)38-58-33-23(43(36,6)60-38)12-11-20-27(33)31(48)26-22(29(20)46)13-19-15-41(4,51)24(53-9)14-21(19)30(26)47/h11-13,17-18,24-25,28,32,34-39,47,49-52H,14-16,44H2,1-10H3/t17-,18+,24-,25+,28+,32+,34+,35+,36+,37+,38+,39+,40+,41-,42-,43+/m1/s1. The van der Waals surface area contributed by atoms with E-state index in [-0.39, 0.29) is 53.0 Å². The molecule has 2 aromatic carbocycles. The number of aliphatic hydroxyl groups excluding tert-OH is 2. The van der Waals surface area contributed by atoms with E-state index in [1.165, 1.54) is 27.2 Å². The minimum absolute atomic E-state index is 0.0173. The molecule has 2 aromatic rings. The van der Waals surface area contributed by atoms with Crippen LogP contribution >= 0.6 is 0 Å². The van der Waals surface area contributed by atoms with Crippen molar-refractivity contribution in [3.63, 3.8) is 0 Å². The Labute approximate surface area is 348 Å². The van der Waals surface area contributed by atoms with Crippen molar-refractivity contribution >= 4 is 11.6 Å². The van der Waals surface area contributed by atoms with Gasteiger partial charge in [-0.2, -0.15) is 0 Å². The van der Waals surface area contributed by atoms with Gasteiger partial charge in [-0.25, -0.2) is 0 Å². The van der Waals surface area contributed by atoms with Crippen LogP contribution < -0.4 is 10.5 Å². The van der Waals surface area contributed by atoms with E-state index < -0.39 is 108 Å². The van der Waals surface area contributed by atoms with Crippen molar-refractivity contribution in [2.24, 2.45) is 5.73 Å². The summed E-state index contributed by atoms with van der Waals surface area (Å²) in [5.41, 5.74) is 2.67. The molecule has 2 bridgehead atoms. The Bertz CT molecular complexity index is 2070. The molecule has 4 aliphatic heterocycles. The number of phenolic OH excluding ortho intramolecular Hbond substituents is 1. The van der Waals surface area contributed by atoms with Crippen LogP contribution in [0.3, 0.4) is 0 Å².